The quantitative estimate of drug-likeness (QED) is 0.527. The zero-order valence-electron chi connectivity index (χ0n) is 7.71. The fourth-order valence-corrected chi connectivity index (χ4v) is 1.00. The van der Waals surface area contributed by atoms with Crippen molar-refractivity contribution in [2.24, 2.45) is 0 Å². The largest absolute Gasteiger partial charge is 0.492 e. The lowest BCUT2D eigenvalue weighted by Crippen LogP contribution is -1.91. The van der Waals surface area contributed by atoms with Gasteiger partial charge in [-0.1, -0.05) is 17.9 Å². The normalized spacial score (nSPS) is 8.71. The molecule has 0 atom stereocenters. The van der Waals surface area contributed by atoms with Crippen LogP contribution in [0.4, 0.5) is 4.39 Å². The van der Waals surface area contributed by atoms with E-state index in [-0.39, 0.29) is 12.2 Å². The number of para-hydroxylation sites is 1. The highest BCUT2D eigenvalue weighted by molar-refractivity contribution is 5.56. The van der Waals surface area contributed by atoms with Crippen molar-refractivity contribution in [2.75, 3.05) is 7.11 Å². The molecule has 0 bridgehead atoms. The first kappa shape index (κ1) is 10.3. The van der Waals surface area contributed by atoms with Gasteiger partial charge in [0.1, 0.15) is 6.29 Å². The maximum Gasteiger partial charge on any atom is 0.170 e. The summed E-state index contributed by atoms with van der Waals surface area (Å²) in [6.07, 6.45) is 0.832. The van der Waals surface area contributed by atoms with Gasteiger partial charge in [-0.15, -0.1) is 0 Å². The van der Waals surface area contributed by atoms with Crippen LogP contribution >= 0.6 is 0 Å². The molecule has 0 spiro atoms. The Morgan fingerprint density at radius 1 is 1.57 bits per heavy atom. The molecule has 1 aromatic carbocycles. The standard InChI is InChI=1S/C11H9FO2/c1-14-11-9(5-2-3-8-13)6-4-7-10(11)12/h4,6-8H,3H2,1H3. The number of carbonyl (C=O) groups is 1. The zero-order chi connectivity index (χ0) is 10.4. The number of aldehydes is 1. The van der Waals surface area contributed by atoms with Crippen LogP contribution in [0.2, 0.25) is 0 Å². The van der Waals surface area contributed by atoms with Gasteiger partial charge in [0.25, 0.3) is 0 Å². The first-order chi connectivity index (χ1) is 6.79. The number of hydrogen-bond donors (Lipinski definition) is 0. The summed E-state index contributed by atoms with van der Waals surface area (Å²) in [5.74, 6) is 4.91. The maximum atomic E-state index is 13.1. The van der Waals surface area contributed by atoms with E-state index >= 15 is 0 Å². The Bertz CT molecular complexity index is 388. The first-order valence-corrected chi connectivity index (χ1v) is 4.04. The Labute approximate surface area is 81.7 Å². The number of carbonyl (C=O) groups excluding carboxylic acids is 1. The summed E-state index contributed by atoms with van der Waals surface area (Å²) < 4.78 is 17.9. The molecule has 2 nitrogen and oxygen atoms in total. The molecular formula is C11H9FO2. The molecule has 0 aliphatic rings. The van der Waals surface area contributed by atoms with Gasteiger partial charge in [0, 0.05) is 0 Å². The number of methoxy groups -OCH3 is 1. The van der Waals surface area contributed by atoms with E-state index in [0.717, 1.165) is 0 Å². The summed E-state index contributed by atoms with van der Waals surface area (Å²) in [6, 6.07) is 4.48. The molecule has 0 amide bonds. The van der Waals surface area contributed by atoms with Crippen LogP contribution in [0.1, 0.15) is 12.0 Å². The van der Waals surface area contributed by atoms with Crippen molar-refractivity contribution in [1.82, 2.24) is 0 Å². The molecule has 0 fully saturated rings. The number of hydrogen-bond acceptors (Lipinski definition) is 2. The fourth-order valence-electron chi connectivity index (χ4n) is 1.00. The summed E-state index contributed by atoms with van der Waals surface area (Å²) in [7, 11) is 1.38. The molecule has 0 saturated carbocycles. The third kappa shape index (κ3) is 2.33. The molecule has 72 valence electrons. The van der Waals surface area contributed by atoms with Crippen LogP contribution in [0.5, 0.6) is 5.75 Å². The van der Waals surface area contributed by atoms with Gasteiger partial charge in [0.05, 0.1) is 19.1 Å². The van der Waals surface area contributed by atoms with Crippen molar-refractivity contribution in [2.45, 2.75) is 6.42 Å². The average Bonchev–Trinajstić information content (AvgIpc) is 2.18. The minimum atomic E-state index is -0.453. The monoisotopic (exact) mass is 192 g/mol. The van der Waals surface area contributed by atoms with Gasteiger partial charge in [0.15, 0.2) is 11.6 Å². The van der Waals surface area contributed by atoms with Gasteiger partial charge < -0.3 is 9.53 Å². The highest BCUT2D eigenvalue weighted by Gasteiger charge is 2.05. The summed E-state index contributed by atoms with van der Waals surface area (Å²) in [4.78, 5) is 10.0. The lowest BCUT2D eigenvalue weighted by Gasteiger charge is -2.02. The predicted octanol–water partition coefficient (Wildman–Crippen LogP) is 1.77. The molecule has 3 heteroatoms. The van der Waals surface area contributed by atoms with E-state index in [9.17, 15) is 9.18 Å². The predicted molar refractivity (Wildman–Crippen MR) is 50.5 cm³/mol. The van der Waals surface area contributed by atoms with Crippen LogP contribution in [0, 0.1) is 17.7 Å². The van der Waals surface area contributed by atoms with Crippen LogP contribution in [0.15, 0.2) is 18.2 Å². The SMILES string of the molecule is COc1c(F)cccc1C#CCC=O. The molecule has 1 rings (SSSR count). The lowest BCUT2D eigenvalue weighted by molar-refractivity contribution is -0.107. The second-order valence-corrected chi connectivity index (χ2v) is 2.49. The minimum absolute atomic E-state index is 0.117. The molecule has 0 saturated heterocycles. The van der Waals surface area contributed by atoms with Gasteiger partial charge in [-0.05, 0) is 12.1 Å². The number of ether oxygens (including phenoxy) is 1. The summed E-state index contributed by atoms with van der Waals surface area (Å²) >= 11 is 0. The molecule has 1 aromatic rings. The second-order valence-electron chi connectivity index (χ2n) is 2.49. The van der Waals surface area contributed by atoms with Crippen molar-refractivity contribution in [3.63, 3.8) is 0 Å². The summed E-state index contributed by atoms with van der Waals surface area (Å²) in [6.45, 7) is 0. The maximum absolute atomic E-state index is 13.1. The Morgan fingerprint density at radius 2 is 2.36 bits per heavy atom. The van der Waals surface area contributed by atoms with Crippen LogP contribution in [-0.4, -0.2) is 13.4 Å². The zero-order valence-corrected chi connectivity index (χ0v) is 7.71. The van der Waals surface area contributed by atoms with Gasteiger partial charge in [-0.25, -0.2) is 4.39 Å². The van der Waals surface area contributed by atoms with E-state index in [4.69, 9.17) is 4.74 Å². The molecule has 0 radical (unpaired) electrons. The highest BCUT2D eigenvalue weighted by atomic mass is 19.1. The molecule has 0 N–H and O–H groups in total. The Kier molecular flexibility index (Phi) is 3.69. The van der Waals surface area contributed by atoms with Crippen LogP contribution < -0.4 is 4.74 Å². The van der Waals surface area contributed by atoms with Crippen molar-refractivity contribution in [1.29, 1.82) is 0 Å². The molecule has 0 aliphatic carbocycles. The van der Waals surface area contributed by atoms with Crippen LogP contribution in [0.25, 0.3) is 0 Å². The Balaban J connectivity index is 3.03. The third-order valence-electron chi connectivity index (χ3n) is 1.58. The number of benzene rings is 1. The minimum Gasteiger partial charge on any atom is -0.492 e. The lowest BCUT2D eigenvalue weighted by atomic mass is 10.2. The van der Waals surface area contributed by atoms with Crippen molar-refractivity contribution >= 4 is 6.29 Å². The van der Waals surface area contributed by atoms with Gasteiger partial charge in [-0.2, -0.15) is 0 Å². The highest BCUT2D eigenvalue weighted by Crippen LogP contribution is 2.20. The van der Waals surface area contributed by atoms with Gasteiger partial charge in [0.2, 0.25) is 0 Å². The molecule has 0 aliphatic heterocycles. The summed E-state index contributed by atoms with van der Waals surface area (Å²) in [5, 5.41) is 0. The fraction of sp³-hybridized carbons (Fsp3) is 0.182. The topological polar surface area (TPSA) is 26.3 Å². The number of halogens is 1. The number of rotatable bonds is 2. The molecular weight excluding hydrogens is 183 g/mol. The average molecular weight is 192 g/mol. The van der Waals surface area contributed by atoms with E-state index in [0.29, 0.717) is 11.8 Å². The Morgan fingerprint density at radius 3 is 3.00 bits per heavy atom. The first-order valence-electron chi connectivity index (χ1n) is 4.04. The van der Waals surface area contributed by atoms with Gasteiger partial charge >= 0.3 is 0 Å². The molecule has 0 aromatic heterocycles. The van der Waals surface area contributed by atoms with E-state index < -0.39 is 5.82 Å². The molecule has 14 heavy (non-hydrogen) atoms. The van der Waals surface area contributed by atoms with E-state index in [1.807, 2.05) is 0 Å². The van der Waals surface area contributed by atoms with Crippen molar-refractivity contribution < 1.29 is 13.9 Å². The Hall–Kier alpha value is -1.82. The molecule has 0 unspecified atom stereocenters. The molecule has 0 heterocycles. The van der Waals surface area contributed by atoms with E-state index in [2.05, 4.69) is 11.8 Å². The third-order valence-corrected chi connectivity index (χ3v) is 1.58. The second kappa shape index (κ2) is 5.03. The van der Waals surface area contributed by atoms with E-state index in [1.54, 1.807) is 12.1 Å². The summed E-state index contributed by atoms with van der Waals surface area (Å²) in [5.41, 5.74) is 0.453. The van der Waals surface area contributed by atoms with Gasteiger partial charge in [-0.3, -0.25) is 0 Å². The van der Waals surface area contributed by atoms with E-state index in [1.165, 1.54) is 13.2 Å². The smallest absolute Gasteiger partial charge is 0.170 e. The van der Waals surface area contributed by atoms with Crippen molar-refractivity contribution in [3.8, 4) is 17.6 Å². The van der Waals surface area contributed by atoms with Crippen LogP contribution in [0.3, 0.4) is 0 Å². The van der Waals surface area contributed by atoms with Crippen LogP contribution in [-0.2, 0) is 4.79 Å². The van der Waals surface area contributed by atoms with Crippen molar-refractivity contribution in [3.05, 3.63) is 29.6 Å².